The van der Waals surface area contributed by atoms with Gasteiger partial charge in [-0.15, -0.1) is 0 Å². The summed E-state index contributed by atoms with van der Waals surface area (Å²) in [6.45, 7) is 5.92. The van der Waals surface area contributed by atoms with Crippen LogP contribution in [0.1, 0.15) is 32.8 Å². The zero-order valence-electron chi connectivity index (χ0n) is 10.4. The Morgan fingerprint density at radius 1 is 1.24 bits per heavy atom. The molecule has 0 aromatic heterocycles. The molecule has 0 radical (unpaired) electrons. The summed E-state index contributed by atoms with van der Waals surface area (Å²) in [5.41, 5.74) is 6.18. The summed E-state index contributed by atoms with van der Waals surface area (Å²) in [6.07, 6.45) is 0.538. The van der Waals surface area contributed by atoms with E-state index in [1.165, 1.54) is 0 Å². The fraction of sp³-hybridized carbons (Fsp3) is 0.538. The lowest BCUT2D eigenvalue weighted by Crippen LogP contribution is -2.52. The van der Waals surface area contributed by atoms with Gasteiger partial charge in [0, 0.05) is 27.6 Å². The third-order valence-corrected chi connectivity index (χ3v) is 4.12. The lowest BCUT2D eigenvalue weighted by atomic mass is 9.67. The number of nitrogens with two attached hydrogens (primary N) is 1. The molecule has 0 saturated carbocycles. The van der Waals surface area contributed by atoms with E-state index in [0.717, 1.165) is 5.56 Å². The summed E-state index contributed by atoms with van der Waals surface area (Å²) in [5, 5.41) is 10.5. The van der Waals surface area contributed by atoms with Gasteiger partial charge in [-0.05, 0) is 44.0 Å². The Morgan fingerprint density at radius 2 is 1.82 bits per heavy atom. The second-order valence-corrected chi connectivity index (χ2v) is 6.00. The lowest BCUT2D eigenvalue weighted by Gasteiger charge is -2.42. The highest BCUT2D eigenvalue weighted by atomic mass is 35.5. The Morgan fingerprint density at radius 3 is 2.29 bits per heavy atom. The van der Waals surface area contributed by atoms with Crippen molar-refractivity contribution in [3.63, 3.8) is 0 Å². The Kier molecular flexibility index (Phi) is 4.48. The first kappa shape index (κ1) is 14.8. The minimum absolute atomic E-state index is 0.0555. The number of aliphatic hydroxyl groups is 1. The van der Waals surface area contributed by atoms with Crippen LogP contribution in [0.25, 0.3) is 0 Å². The van der Waals surface area contributed by atoms with Crippen LogP contribution >= 0.6 is 23.2 Å². The summed E-state index contributed by atoms with van der Waals surface area (Å²) in [6, 6.07) is 5.34. The van der Waals surface area contributed by atoms with E-state index in [1.54, 1.807) is 12.1 Å². The molecule has 96 valence electrons. The van der Waals surface area contributed by atoms with Crippen LogP contribution in [0.3, 0.4) is 0 Å². The van der Waals surface area contributed by atoms with Crippen molar-refractivity contribution >= 4 is 23.2 Å². The number of benzene rings is 1. The Hall–Kier alpha value is -0.280. The van der Waals surface area contributed by atoms with E-state index in [-0.39, 0.29) is 6.61 Å². The maximum atomic E-state index is 9.26. The first-order chi connectivity index (χ1) is 7.72. The molecule has 0 bridgehead atoms. The fourth-order valence-corrected chi connectivity index (χ4v) is 2.45. The summed E-state index contributed by atoms with van der Waals surface area (Å²) in [5.74, 6) is 0. The van der Waals surface area contributed by atoms with Crippen molar-refractivity contribution in [1.29, 1.82) is 0 Å². The minimum Gasteiger partial charge on any atom is -0.396 e. The normalized spacial score (nSPS) is 15.7. The molecule has 0 spiro atoms. The molecule has 4 heteroatoms. The molecular weight excluding hydrogens is 257 g/mol. The summed E-state index contributed by atoms with van der Waals surface area (Å²) in [4.78, 5) is 0. The zero-order chi connectivity index (χ0) is 13.3. The molecule has 0 amide bonds. The molecule has 0 saturated heterocycles. The molecule has 1 aromatic carbocycles. The van der Waals surface area contributed by atoms with Crippen LogP contribution in [0, 0.1) is 0 Å². The van der Waals surface area contributed by atoms with E-state index in [4.69, 9.17) is 28.9 Å². The molecule has 0 fully saturated rings. The fourth-order valence-electron chi connectivity index (χ4n) is 1.95. The first-order valence-electron chi connectivity index (χ1n) is 5.57. The molecule has 1 unspecified atom stereocenters. The van der Waals surface area contributed by atoms with Crippen molar-refractivity contribution in [3.8, 4) is 0 Å². The Balaban J connectivity index is 3.37. The molecule has 1 atom stereocenters. The summed E-state index contributed by atoms with van der Waals surface area (Å²) in [7, 11) is 0. The molecule has 1 rings (SSSR count). The molecule has 0 heterocycles. The van der Waals surface area contributed by atoms with Crippen LogP contribution in [0.15, 0.2) is 18.2 Å². The van der Waals surface area contributed by atoms with Crippen LogP contribution in [-0.4, -0.2) is 17.3 Å². The molecule has 3 N–H and O–H groups in total. The van der Waals surface area contributed by atoms with Gasteiger partial charge in [-0.2, -0.15) is 0 Å². The van der Waals surface area contributed by atoms with E-state index in [1.807, 2.05) is 26.8 Å². The predicted octanol–water partition coefficient (Wildman–Crippen LogP) is 3.37. The van der Waals surface area contributed by atoms with Gasteiger partial charge in [0.1, 0.15) is 0 Å². The Labute approximate surface area is 113 Å². The van der Waals surface area contributed by atoms with Gasteiger partial charge in [0.15, 0.2) is 0 Å². The third-order valence-electron chi connectivity index (χ3n) is 3.56. The topological polar surface area (TPSA) is 46.2 Å². The second-order valence-electron chi connectivity index (χ2n) is 5.15. The standard InChI is InChI=1S/C13H19Cl2NO/c1-12(2,16)13(3,6-7-17)10-8-9(14)4-5-11(10)15/h4-5,8,17H,6-7,16H2,1-3H3. The third kappa shape index (κ3) is 2.94. The van der Waals surface area contributed by atoms with Gasteiger partial charge in [0.2, 0.25) is 0 Å². The van der Waals surface area contributed by atoms with Crippen LogP contribution in [-0.2, 0) is 5.41 Å². The van der Waals surface area contributed by atoms with Crippen molar-refractivity contribution in [3.05, 3.63) is 33.8 Å². The van der Waals surface area contributed by atoms with Gasteiger partial charge in [0.25, 0.3) is 0 Å². The average Bonchev–Trinajstić information content (AvgIpc) is 2.20. The smallest absolute Gasteiger partial charge is 0.0445 e. The largest absolute Gasteiger partial charge is 0.396 e. The molecule has 0 aliphatic heterocycles. The van der Waals surface area contributed by atoms with Gasteiger partial charge < -0.3 is 10.8 Å². The minimum atomic E-state index is -0.510. The summed E-state index contributed by atoms with van der Waals surface area (Å²) < 4.78 is 0. The number of hydrogen-bond acceptors (Lipinski definition) is 2. The summed E-state index contributed by atoms with van der Waals surface area (Å²) >= 11 is 12.2. The van der Waals surface area contributed by atoms with E-state index in [9.17, 15) is 5.11 Å². The van der Waals surface area contributed by atoms with Crippen LogP contribution in [0.2, 0.25) is 10.0 Å². The molecule has 2 nitrogen and oxygen atoms in total. The highest BCUT2D eigenvalue weighted by Gasteiger charge is 2.40. The van der Waals surface area contributed by atoms with E-state index in [2.05, 4.69) is 0 Å². The molecule has 0 aliphatic carbocycles. The van der Waals surface area contributed by atoms with Crippen LogP contribution in [0.4, 0.5) is 0 Å². The predicted molar refractivity (Wildman–Crippen MR) is 73.8 cm³/mol. The number of hydrogen-bond donors (Lipinski definition) is 2. The van der Waals surface area contributed by atoms with Crippen molar-refractivity contribution in [2.24, 2.45) is 5.73 Å². The number of rotatable bonds is 4. The molecule has 17 heavy (non-hydrogen) atoms. The zero-order valence-corrected chi connectivity index (χ0v) is 11.9. The van der Waals surface area contributed by atoms with Gasteiger partial charge in [-0.3, -0.25) is 0 Å². The average molecular weight is 276 g/mol. The number of halogens is 2. The van der Waals surface area contributed by atoms with E-state index < -0.39 is 11.0 Å². The second kappa shape index (κ2) is 5.15. The van der Waals surface area contributed by atoms with Crippen LogP contribution < -0.4 is 5.73 Å². The SMILES string of the molecule is CC(C)(N)C(C)(CCO)c1cc(Cl)ccc1Cl. The maximum absolute atomic E-state index is 9.26. The highest BCUT2D eigenvalue weighted by Crippen LogP contribution is 2.41. The van der Waals surface area contributed by atoms with Crippen molar-refractivity contribution in [2.45, 2.75) is 38.1 Å². The quantitative estimate of drug-likeness (QED) is 0.885. The van der Waals surface area contributed by atoms with Crippen molar-refractivity contribution in [1.82, 2.24) is 0 Å². The molecular formula is C13H19Cl2NO. The number of aliphatic hydroxyl groups excluding tert-OH is 1. The molecule has 1 aromatic rings. The maximum Gasteiger partial charge on any atom is 0.0445 e. The van der Waals surface area contributed by atoms with E-state index >= 15 is 0 Å². The molecule has 0 aliphatic rings. The first-order valence-corrected chi connectivity index (χ1v) is 6.33. The van der Waals surface area contributed by atoms with Gasteiger partial charge in [0.05, 0.1) is 0 Å². The van der Waals surface area contributed by atoms with Gasteiger partial charge in [-0.25, -0.2) is 0 Å². The Bertz CT molecular complexity index is 401. The van der Waals surface area contributed by atoms with Gasteiger partial charge in [-0.1, -0.05) is 30.1 Å². The van der Waals surface area contributed by atoms with E-state index in [0.29, 0.717) is 16.5 Å². The highest BCUT2D eigenvalue weighted by molar-refractivity contribution is 6.33. The monoisotopic (exact) mass is 275 g/mol. The van der Waals surface area contributed by atoms with Gasteiger partial charge >= 0.3 is 0 Å². The lowest BCUT2D eigenvalue weighted by molar-refractivity contribution is 0.190. The van der Waals surface area contributed by atoms with Crippen LogP contribution in [0.5, 0.6) is 0 Å². The van der Waals surface area contributed by atoms with Crippen molar-refractivity contribution < 1.29 is 5.11 Å². The van der Waals surface area contributed by atoms with Crippen molar-refractivity contribution in [2.75, 3.05) is 6.61 Å².